The fraction of sp³-hybridized carbons (Fsp3) is 1.00. The van der Waals surface area contributed by atoms with Gasteiger partial charge in [0.05, 0.1) is 6.61 Å². The summed E-state index contributed by atoms with van der Waals surface area (Å²) in [7, 11) is -4.41. The van der Waals surface area contributed by atoms with Crippen molar-refractivity contribution in [1.82, 2.24) is 0 Å². The van der Waals surface area contributed by atoms with Gasteiger partial charge in [-0.05, 0) is 6.92 Å². The molecule has 1 N–H and O–H groups in total. The van der Waals surface area contributed by atoms with Gasteiger partial charge in [-0.2, -0.15) is 8.42 Å². The van der Waals surface area contributed by atoms with E-state index in [4.69, 9.17) is 4.55 Å². The molecule has 0 bridgehead atoms. The van der Waals surface area contributed by atoms with Crippen molar-refractivity contribution in [2.45, 2.75) is 6.92 Å². The van der Waals surface area contributed by atoms with Crippen LogP contribution in [-0.4, -0.2) is 42.6 Å². The Bertz CT molecular complexity index is 147. The number of hydrogen-bond donors (Lipinski definition) is 1. The molecule has 0 amide bonds. The molecule has 0 aromatic carbocycles. The fourth-order valence-corrected chi connectivity index (χ4v) is 0.327. The van der Waals surface area contributed by atoms with Crippen LogP contribution < -0.4 is 0 Å². The zero-order valence-corrected chi connectivity index (χ0v) is 7.13. The Morgan fingerprint density at radius 1 is 1.67 bits per heavy atom. The van der Waals surface area contributed by atoms with E-state index in [1.165, 1.54) is 6.92 Å². The second-order valence-corrected chi connectivity index (χ2v) is 1.89. The summed E-state index contributed by atoms with van der Waals surface area (Å²) in [4.78, 5) is 3.86. The summed E-state index contributed by atoms with van der Waals surface area (Å²) in [5.74, 6) is 0. The monoisotopic (exact) mass is 168 g/mol. The van der Waals surface area contributed by atoms with Crippen LogP contribution in [0.25, 0.3) is 0 Å². The Balaban J connectivity index is -0.0000000817. The third-order valence-electron chi connectivity index (χ3n) is 0.252. The molecular formula is C2H8MgO5S. The third-order valence-corrected chi connectivity index (χ3v) is 0.520. The van der Waals surface area contributed by atoms with Crippen LogP contribution in [0, 0.1) is 0 Å². The van der Waals surface area contributed by atoms with Crippen molar-refractivity contribution in [3.05, 3.63) is 0 Å². The zero-order valence-electron chi connectivity index (χ0n) is 6.90. The minimum Gasteiger partial charge on any atom is -1.00 e. The van der Waals surface area contributed by atoms with Crippen LogP contribution in [0.5, 0.6) is 0 Å². The maximum absolute atomic E-state index is 9.60. The molecule has 9 heavy (non-hydrogen) atoms. The first-order valence-electron chi connectivity index (χ1n) is 1.85. The molecule has 7 heteroatoms. The van der Waals surface area contributed by atoms with Crippen molar-refractivity contribution in [3.8, 4) is 0 Å². The van der Waals surface area contributed by atoms with Gasteiger partial charge < -0.3 is 2.85 Å². The van der Waals surface area contributed by atoms with E-state index >= 15 is 0 Å². The number of rotatable bonds is 3. The van der Waals surface area contributed by atoms with E-state index in [0.29, 0.717) is 0 Å². The topological polar surface area (TPSA) is 72.8 Å². The summed E-state index contributed by atoms with van der Waals surface area (Å²) in [6.07, 6.45) is 0. The standard InChI is InChI=1S/C2H6O5S.Mg.2H/c1-2-6-7-8(3,4)5;;;/h2H2,1H3,(H,3,4,5);;;/q;+2;2*-1. The van der Waals surface area contributed by atoms with E-state index in [1.54, 1.807) is 0 Å². The minimum atomic E-state index is -4.41. The number of hydrogen-bond acceptors (Lipinski definition) is 4. The molecule has 0 fully saturated rings. The SMILES string of the molecule is CCOOS(=O)(=O)O.[H-].[H-].[Mg+2]. The molecule has 0 aliphatic heterocycles. The van der Waals surface area contributed by atoms with Crippen molar-refractivity contribution in [2.24, 2.45) is 0 Å². The van der Waals surface area contributed by atoms with E-state index in [0.717, 1.165) is 0 Å². The first-order chi connectivity index (χ1) is 3.56. The summed E-state index contributed by atoms with van der Waals surface area (Å²) < 4.78 is 30.4. The molecule has 0 heterocycles. The fourth-order valence-electron chi connectivity index (χ4n) is 0.109. The van der Waals surface area contributed by atoms with E-state index in [9.17, 15) is 8.42 Å². The summed E-state index contributed by atoms with van der Waals surface area (Å²) in [5, 5.41) is 0. The van der Waals surface area contributed by atoms with Crippen LogP contribution in [-0.2, 0) is 19.6 Å². The van der Waals surface area contributed by atoms with Gasteiger partial charge in [-0.15, -0.1) is 0 Å². The zero-order chi connectivity index (χ0) is 6.62. The second-order valence-electron chi connectivity index (χ2n) is 0.902. The second kappa shape index (κ2) is 5.39. The smallest absolute Gasteiger partial charge is 1.00 e. The van der Waals surface area contributed by atoms with Crippen LogP contribution in [0.2, 0.25) is 0 Å². The predicted octanol–water partition coefficient (Wildman–Crippen LogP) is -0.398. The van der Waals surface area contributed by atoms with Crippen molar-refractivity contribution >= 4 is 33.5 Å². The molecule has 0 saturated heterocycles. The van der Waals surface area contributed by atoms with Gasteiger partial charge in [-0.1, -0.05) is 4.33 Å². The van der Waals surface area contributed by atoms with Gasteiger partial charge in [0, 0.05) is 0 Å². The van der Waals surface area contributed by atoms with Crippen LogP contribution >= 0.6 is 0 Å². The molecule has 0 saturated carbocycles. The maximum atomic E-state index is 9.60. The molecule has 54 valence electrons. The Hall–Kier alpha value is 0.596. The summed E-state index contributed by atoms with van der Waals surface area (Å²) in [5.41, 5.74) is 0. The predicted molar refractivity (Wildman–Crippen MR) is 32.2 cm³/mol. The first kappa shape index (κ1) is 12.3. The van der Waals surface area contributed by atoms with Gasteiger partial charge in [-0.25, -0.2) is 4.89 Å². The van der Waals surface area contributed by atoms with Crippen LogP contribution in [0.4, 0.5) is 0 Å². The van der Waals surface area contributed by atoms with Gasteiger partial charge in [0.2, 0.25) is 0 Å². The van der Waals surface area contributed by atoms with Gasteiger partial charge in [-0.3, -0.25) is 4.55 Å². The Kier molecular flexibility index (Phi) is 7.35. The molecule has 0 spiro atoms. The molecule has 0 aromatic rings. The van der Waals surface area contributed by atoms with E-state index in [-0.39, 0.29) is 32.5 Å². The summed E-state index contributed by atoms with van der Waals surface area (Å²) in [6, 6.07) is 0. The molecule has 0 aromatic heterocycles. The van der Waals surface area contributed by atoms with E-state index in [1.807, 2.05) is 0 Å². The Morgan fingerprint density at radius 3 is 2.22 bits per heavy atom. The molecule has 5 nitrogen and oxygen atoms in total. The van der Waals surface area contributed by atoms with E-state index < -0.39 is 10.4 Å². The van der Waals surface area contributed by atoms with Crippen molar-refractivity contribution < 1.29 is 25.0 Å². The third kappa shape index (κ3) is 11.9. The molecule has 0 atom stereocenters. The van der Waals surface area contributed by atoms with Crippen LogP contribution in [0.15, 0.2) is 0 Å². The molecule has 0 aliphatic carbocycles. The molecule has 0 unspecified atom stereocenters. The largest absolute Gasteiger partial charge is 2.00 e. The maximum Gasteiger partial charge on any atom is 2.00 e. The van der Waals surface area contributed by atoms with Crippen LogP contribution in [0.3, 0.4) is 0 Å². The molecular weight excluding hydrogens is 160 g/mol. The average molecular weight is 168 g/mol. The summed E-state index contributed by atoms with van der Waals surface area (Å²) in [6.45, 7) is 1.59. The Morgan fingerprint density at radius 2 is 2.11 bits per heavy atom. The molecule has 0 radical (unpaired) electrons. The van der Waals surface area contributed by atoms with Crippen molar-refractivity contribution in [3.63, 3.8) is 0 Å². The van der Waals surface area contributed by atoms with Gasteiger partial charge in [0.25, 0.3) is 0 Å². The van der Waals surface area contributed by atoms with Gasteiger partial charge in [0.1, 0.15) is 0 Å². The van der Waals surface area contributed by atoms with Gasteiger partial charge in [0.15, 0.2) is 0 Å². The van der Waals surface area contributed by atoms with Gasteiger partial charge >= 0.3 is 33.5 Å². The first-order valence-corrected chi connectivity index (χ1v) is 3.21. The Labute approximate surface area is 72.3 Å². The quantitative estimate of drug-likeness (QED) is 0.269. The normalized spacial score (nSPS) is 10.4. The van der Waals surface area contributed by atoms with Crippen LogP contribution in [0.1, 0.15) is 9.78 Å². The summed E-state index contributed by atoms with van der Waals surface area (Å²) >= 11 is 0. The van der Waals surface area contributed by atoms with Crippen molar-refractivity contribution in [1.29, 1.82) is 0 Å². The van der Waals surface area contributed by atoms with Crippen molar-refractivity contribution in [2.75, 3.05) is 6.61 Å². The molecule has 0 rings (SSSR count). The average Bonchev–Trinajstić information content (AvgIpc) is 1.59. The minimum absolute atomic E-state index is 0. The molecule has 0 aliphatic rings. The van der Waals surface area contributed by atoms with E-state index in [2.05, 4.69) is 9.22 Å².